The predicted octanol–water partition coefficient (Wildman–Crippen LogP) is 5.28. The molecule has 0 bridgehead atoms. The summed E-state index contributed by atoms with van der Waals surface area (Å²) < 4.78 is 7.59. The van der Waals surface area contributed by atoms with Crippen LogP contribution >= 0.6 is 0 Å². The zero-order valence-corrected chi connectivity index (χ0v) is 17.8. The minimum absolute atomic E-state index is 0.00408. The number of pyridine rings is 2. The fourth-order valence-electron chi connectivity index (χ4n) is 4.04. The van der Waals surface area contributed by atoms with Gasteiger partial charge >= 0.3 is 0 Å². The Labute approximate surface area is 167 Å². The average molecular weight is 384 g/mol. The van der Waals surface area contributed by atoms with Gasteiger partial charge in [0.1, 0.15) is 11.6 Å². The molecule has 0 spiro atoms. The van der Waals surface area contributed by atoms with E-state index in [1.807, 2.05) is 30.7 Å². The summed E-state index contributed by atoms with van der Waals surface area (Å²) in [5.41, 5.74) is 2.43. The van der Waals surface area contributed by atoms with Crippen molar-refractivity contribution >= 4 is 22.5 Å². The number of ether oxygens (including phenoxy) is 1. The Morgan fingerprint density at radius 1 is 1.36 bits per heavy atom. The molecular formula is C23H33N3O2. The second-order valence-corrected chi connectivity index (χ2v) is 8.23. The van der Waals surface area contributed by atoms with Crippen LogP contribution in [0.2, 0.25) is 0 Å². The predicted molar refractivity (Wildman–Crippen MR) is 117 cm³/mol. The second kappa shape index (κ2) is 8.38. The van der Waals surface area contributed by atoms with Gasteiger partial charge in [0.2, 0.25) is 0 Å². The normalized spacial score (nSPS) is 15.9. The summed E-state index contributed by atoms with van der Waals surface area (Å²) in [5, 5.41) is 4.47. The van der Waals surface area contributed by atoms with Crippen LogP contribution in [0.1, 0.15) is 70.5 Å². The SMILES string of the molecule is C=C(OCC)c1c(C)c2cnc(N[C@@H](C)C(C)C)cc2n(C2CCCC2)c1=O. The van der Waals surface area contributed by atoms with Crippen LogP contribution in [0.15, 0.2) is 23.6 Å². The van der Waals surface area contributed by atoms with E-state index in [9.17, 15) is 4.79 Å². The van der Waals surface area contributed by atoms with Gasteiger partial charge in [-0.1, -0.05) is 33.3 Å². The standard InChI is InChI=1S/C23H33N3O2/c1-7-28-17(6)22-15(4)19-13-24-21(25-16(5)14(2)3)12-20(19)26(23(22)27)18-10-8-9-11-18/h12-14,16,18H,6-11H2,1-5H3,(H,24,25)/t16-/m0/s1. The highest BCUT2D eigenvalue weighted by Crippen LogP contribution is 2.33. The van der Waals surface area contributed by atoms with Crippen molar-refractivity contribution in [3.8, 4) is 0 Å². The van der Waals surface area contributed by atoms with Crippen LogP contribution in [-0.4, -0.2) is 22.2 Å². The van der Waals surface area contributed by atoms with Gasteiger partial charge in [0.15, 0.2) is 0 Å². The van der Waals surface area contributed by atoms with Crippen molar-refractivity contribution in [1.82, 2.24) is 9.55 Å². The fourth-order valence-corrected chi connectivity index (χ4v) is 4.04. The molecule has 0 unspecified atom stereocenters. The Bertz CT molecular complexity index is 924. The minimum atomic E-state index is 0.00408. The molecule has 2 aromatic rings. The largest absolute Gasteiger partial charge is 0.494 e. The van der Waals surface area contributed by atoms with E-state index in [2.05, 4.69) is 37.7 Å². The molecule has 0 aliphatic heterocycles. The third kappa shape index (κ3) is 3.80. The van der Waals surface area contributed by atoms with Gasteiger partial charge < -0.3 is 14.6 Å². The van der Waals surface area contributed by atoms with Gasteiger partial charge in [-0.3, -0.25) is 4.79 Å². The average Bonchev–Trinajstić information content (AvgIpc) is 3.16. The van der Waals surface area contributed by atoms with Crippen molar-refractivity contribution in [1.29, 1.82) is 0 Å². The van der Waals surface area contributed by atoms with Crippen molar-refractivity contribution in [3.63, 3.8) is 0 Å². The molecule has 1 atom stereocenters. The van der Waals surface area contributed by atoms with E-state index in [0.29, 0.717) is 29.9 Å². The Balaban J connectivity index is 2.22. The number of aromatic nitrogens is 2. The number of hydrogen-bond donors (Lipinski definition) is 1. The third-order valence-corrected chi connectivity index (χ3v) is 6.02. The molecule has 1 aliphatic carbocycles. The van der Waals surface area contributed by atoms with E-state index >= 15 is 0 Å². The Kier molecular flexibility index (Phi) is 6.11. The molecule has 152 valence electrons. The van der Waals surface area contributed by atoms with Gasteiger partial charge in [-0.2, -0.15) is 0 Å². The van der Waals surface area contributed by atoms with Crippen molar-refractivity contribution in [2.24, 2.45) is 5.92 Å². The first kappa shape index (κ1) is 20.4. The van der Waals surface area contributed by atoms with Gasteiger partial charge in [0, 0.05) is 29.7 Å². The van der Waals surface area contributed by atoms with Gasteiger partial charge in [-0.15, -0.1) is 0 Å². The van der Waals surface area contributed by atoms with Crippen LogP contribution < -0.4 is 10.9 Å². The van der Waals surface area contributed by atoms with Gasteiger partial charge in [0.25, 0.3) is 5.56 Å². The number of nitrogens with one attached hydrogen (secondary N) is 1. The Morgan fingerprint density at radius 2 is 2.04 bits per heavy atom. The van der Waals surface area contributed by atoms with Gasteiger partial charge in [0.05, 0.1) is 17.7 Å². The zero-order chi connectivity index (χ0) is 20.4. The number of rotatable bonds is 7. The maximum absolute atomic E-state index is 13.5. The topological polar surface area (TPSA) is 56.1 Å². The van der Waals surface area contributed by atoms with Crippen LogP contribution in [0.3, 0.4) is 0 Å². The smallest absolute Gasteiger partial charge is 0.262 e. The summed E-state index contributed by atoms with van der Waals surface area (Å²) >= 11 is 0. The number of anilines is 1. The number of nitrogens with zero attached hydrogens (tertiary/aromatic N) is 2. The molecule has 28 heavy (non-hydrogen) atoms. The molecule has 2 heterocycles. The monoisotopic (exact) mass is 383 g/mol. The Morgan fingerprint density at radius 3 is 2.64 bits per heavy atom. The Hall–Kier alpha value is -2.30. The summed E-state index contributed by atoms with van der Waals surface area (Å²) in [6, 6.07) is 2.56. The lowest BCUT2D eigenvalue weighted by Crippen LogP contribution is -2.28. The van der Waals surface area contributed by atoms with Crippen LogP contribution in [0.5, 0.6) is 0 Å². The second-order valence-electron chi connectivity index (χ2n) is 8.23. The lowest BCUT2D eigenvalue weighted by atomic mass is 10.0. The summed E-state index contributed by atoms with van der Waals surface area (Å²) in [5.74, 6) is 1.76. The molecule has 5 nitrogen and oxygen atoms in total. The fraction of sp³-hybridized carbons (Fsp3) is 0.565. The van der Waals surface area contributed by atoms with Crippen LogP contribution in [-0.2, 0) is 4.74 Å². The van der Waals surface area contributed by atoms with Gasteiger partial charge in [-0.25, -0.2) is 4.98 Å². The molecule has 5 heteroatoms. The van der Waals surface area contributed by atoms with Crippen molar-refractivity contribution in [2.45, 2.75) is 72.4 Å². The molecule has 1 N–H and O–H groups in total. The zero-order valence-electron chi connectivity index (χ0n) is 17.8. The molecule has 2 aromatic heterocycles. The minimum Gasteiger partial charge on any atom is -0.494 e. The van der Waals surface area contributed by atoms with E-state index in [1.54, 1.807) is 0 Å². The first-order valence-corrected chi connectivity index (χ1v) is 10.5. The summed E-state index contributed by atoms with van der Waals surface area (Å²) in [6.45, 7) is 14.9. The van der Waals surface area contributed by atoms with Crippen molar-refractivity contribution in [2.75, 3.05) is 11.9 Å². The molecule has 0 saturated heterocycles. The van der Waals surface area contributed by atoms with E-state index in [0.717, 1.165) is 48.0 Å². The summed E-state index contributed by atoms with van der Waals surface area (Å²) in [4.78, 5) is 18.2. The molecule has 1 fully saturated rings. The first-order valence-electron chi connectivity index (χ1n) is 10.5. The van der Waals surface area contributed by atoms with Gasteiger partial charge in [-0.05, 0) is 45.1 Å². The maximum atomic E-state index is 13.5. The molecule has 0 aromatic carbocycles. The lowest BCUT2D eigenvalue weighted by Gasteiger charge is -2.23. The van der Waals surface area contributed by atoms with E-state index in [-0.39, 0.29) is 11.6 Å². The molecule has 0 amide bonds. The van der Waals surface area contributed by atoms with Crippen LogP contribution in [0.25, 0.3) is 16.7 Å². The van der Waals surface area contributed by atoms with Crippen molar-refractivity contribution in [3.05, 3.63) is 40.3 Å². The van der Waals surface area contributed by atoms with Crippen molar-refractivity contribution < 1.29 is 4.74 Å². The van der Waals surface area contributed by atoms with E-state index in [1.165, 1.54) is 0 Å². The van der Waals surface area contributed by atoms with E-state index in [4.69, 9.17) is 4.74 Å². The number of aryl methyl sites for hydroxylation is 1. The summed E-state index contributed by atoms with van der Waals surface area (Å²) in [7, 11) is 0. The quantitative estimate of drug-likeness (QED) is 0.661. The number of hydrogen-bond acceptors (Lipinski definition) is 4. The maximum Gasteiger partial charge on any atom is 0.262 e. The van der Waals surface area contributed by atoms with Crippen LogP contribution in [0.4, 0.5) is 5.82 Å². The summed E-state index contributed by atoms with van der Waals surface area (Å²) in [6.07, 6.45) is 6.27. The first-order chi connectivity index (χ1) is 13.3. The van der Waals surface area contributed by atoms with E-state index < -0.39 is 0 Å². The highest BCUT2D eigenvalue weighted by Gasteiger charge is 2.25. The molecule has 1 aliphatic rings. The molecule has 0 radical (unpaired) electrons. The highest BCUT2D eigenvalue weighted by molar-refractivity contribution is 5.87. The highest BCUT2D eigenvalue weighted by atomic mass is 16.5. The molecular weight excluding hydrogens is 350 g/mol. The third-order valence-electron chi connectivity index (χ3n) is 6.02. The molecule has 1 saturated carbocycles. The number of fused-ring (bicyclic) bond motifs is 1. The lowest BCUT2D eigenvalue weighted by molar-refractivity contribution is 0.298. The molecule has 3 rings (SSSR count). The van der Waals surface area contributed by atoms with Crippen LogP contribution in [0, 0.1) is 12.8 Å².